The molecule has 1 aromatic rings. The Labute approximate surface area is 121 Å². The fourth-order valence-corrected chi connectivity index (χ4v) is 2.35. The number of hydrogen-bond acceptors (Lipinski definition) is 3. The van der Waals surface area contributed by atoms with E-state index < -0.39 is 0 Å². The number of phenols is 2. The van der Waals surface area contributed by atoms with Crippen molar-refractivity contribution in [2.75, 3.05) is 0 Å². The van der Waals surface area contributed by atoms with Gasteiger partial charge in [-0.15, -0.1) is 0 Å². The van der Waals surface area contributed by atoms with Crippen molar-refractivity contribution in [2.24, 2.45) is 0 Å². The third-order valence-corrected chi connectivity index (χ3v) is 3.57. The molecule has 20 heavy (non-hydrogen) atoms. The molecular weight excluding hydrogens is 252 g/mol. The summed E-state index contributed by atoms with van der Waals surface area (Å²) in [7, 11) is 0. The van der Waals surface area contributed by atoms with Gasteiger partial charge in [0.1, 0.15) is 5.78 Å². The first kappa shape index (κ1) is 16.5. The molecule has 112 valence electrons. The molecule has 0 saturated heterocycles. The molecule has 0 saturated carbocycles. The van der Waals surface area contributed by atoms with Gasteiger partial charge in [0.15, 0.2) is 11.5 Å². The van der Waals surface area contributed by atoms with Gasteiger partial charge in [0.25, 0.3) is 0 Å². The number of phenolic OH excluding ortho intramolecular Hbond substituents is 2. The molecular formula is C17H26O3. The van der Waals surface area contributed by atoms with Crippen LogP contribution in [-0.2, 0) is 11.2 Å². The van der Waals surface area contributed by atoms with Gasteiger partial charge in [-0.05, 0) is 37.8 Å². The van der Waals surface area contributed by atoms with E-state index in [1.807, 2.05) is 6.07 Å². The lowest BCUT2D eigenvalue weighted by Gasteiger charge is -2.06. The lowest BCUT2D eigenvalue weighted by atomic mass is 10.0. The fraction of sp³-hybridized carbons (Fsp3) is 0.588. The largest absolute Gasteiger partial charge is 0.504 e. The summed E-state index contributed by atoms with van der Waals surface area (Å²) >= 11 is 0. The number of rotatable bonds is 10. The normalized spacial score (nSPS) is 10.7. The summed E-state index contributed by atoms with van der Waals surface area (Å²) in [6.45, 7) is 1.65. The Morgan fingerprint density at radius 3 is 2.20 bits per heavy atom. The van der Waals surface area contributed by atoms with E-state index in [4.69, 9.17) is 0 Å². The van der Waals surface area contributed by atoms with Gasteiger partial charge in [-0.25, -0.2) is 0 Å². The predicted molar refractivity (Wildman–Crippen MR) is 81.1 cm³/mol. The highest BCUT2D eigenvalue weighted by atomic mass is 16.3. The summed E-state index contributed by atoms with van der Waals surface area (Å²) in [6, 6.07) is 5.12. The summed E-state index contributed by atoms with van der Waals surface area (Å²) < 4.78 is 0. The van der Waals surface area contributed by atoms with Crippen molar-refractivity contribution >= 4 is 5.78 Å². The lowest BCUT2D eigenvalue weighted by molar-refractivity contribution is -0.117. The maximum atomic E-state index is 10.8. The quantitative estimate of drug-likeness (QED) is 0.494. The zero-order valence-corrected chi connectivity index (χ0v) is 12.4. The van der Waals surface area contributed by atoms with Gasteiger partial charge >= 0.3 is 0 Å². The SMILES string of the molecule is CC(=O)CCCCCCCCCc1cccc(O)c1O. The molecule has 0 aliphatic carbocycles. The Morgan fingerprint density at radius 2 is 1.55 bits per heavy atom. The number of hydrogen-bond donors (Lipinski definition) is 2. The first-order valence-electron chi connectivity index (χ1n) is 7.60. The van der Waals surface area contributed by atoms with Crippen molar-refractivity contribution in [1.82, 2.24) is 0 Å². The van der Waals surface area contributed by atoms with Crippen molar-refractivity contribution in [3.8, 4) is 11.5 Å². The van der Waals surface area contributed by atoms with Crippen LogP contribution in [0.15, 0.2) is 18.2 Å². The van der Waals surface area contributed by atoms with Crippen molar-refractivity contribution in [3.63, 3.8) is 0 Å². The van der Waals surface area contributed by atoms with E-state index in [1.54, 1.807) is 13.0 Å². The van der Waals surface area contributed by atoms with Crippen LogP contribution in [0.5, 0.6) is 11.5 Å². The van der Waals surface area contributed by atoms with Gasteiger partial charge in [0.05, 0.1) is 0 Å². The molecule has 1 aromatic carbocycles. The first-order valence-corrected chi connectivity index (χ1v) is 7.60. The highest BCUT2D eigenvalue weighted by molar-refractivity contribution is 5.75. The van der Waals surface area contributed by atoms with Crippen molar-refractivity contribution < 1.29 is 15.0 Å². The number of unbranched alkanes of at least 4 members (excludes halogenated alkanes) is 6. The Hall–Kier alpha value is -1.51. The summed E-state index contributed by atoms with van der Waals surface area (Å²) in [5.41, 5.74) is 0.825. The van der Waals surface area contributed by atoms with E-state index in [-0.39, 0.29) is 17.3 Å². The van der Waals surface area contributed by atoms with Gasteiger partial charge in [-0.3, -0.25) is 0 Å². The Morgan fingerprint density at radius 1 is 0.950 bits per heavy atom. The van der Waals surface area contributed by atoms with Crippen LogP contribution in [0.3, 0.4) is 0 Å². The van der Waals surface area contributed by atoms with Gasteiger partial charge in [-0.1, -0.05) is 44.2 Å². The van der Waals surface area contributed by atoms with E-state index in [0.29, 0.717) is 0 Å². The van der Waals surface area contributed by atoms with E-state index in [1.165, 1.54) is 25.3 Å². The number of para-hydroxylation sites is 1. The van der Waals surface area contributed by atoms with Gasteiger partial charge in [0, 0.05) is 6.42 Å². The standard InChI is InChI=1S/C17H26O3/c1-14(18)10-7-5-3-2-4-6-8-11-15-12-9-13-16(19)17(15)20/h9,12-13,19-20H,2-8,10-11H2,1H3. The Balaban J connectivity index is 2.02. The van der Waals surface area contributed by atoms with Crippen LogP contribution in [0.1, 0.15) is 63.9 Å². The van der Waals surface area contributed by atoms with E-state index in [0.717, 1.165) is 44.1 Å². The van der Waals surface area contributed by atoms with Crippen molar-refractivity contribution in [2.45, 2.75) is 64.7 Å². The molecule has 3 nitrogen and oxygen atoms in total. The summed E-state index contributed by atoms with van der Waals surface area (Å²) in [4.78, 5) is 10.8. The molecule has 0 spiro atoms. The molecule has 1 rings (SSSR count). The van der Waals surface area contributed by atoms with Crippen molar-refractivity contribution in [3.05, 3.63) is 23.8 Å². The zero-order valence-electron chi connectivity index (χ0n) is 12.4. The van der Waals surface area contributed by atoms with E-state index in [2.05, 4.69) is 0 Å². The molecule has 0 unspecified atom stereocenters. The Kier molecular flexibility index (Phi) is 7.78. The van der Waals surface area contributed by atoms with Crippen LogP contribution in [0.4, 0.5) is 0 Å². The van der Waals surface area contributed by atoms with E-state index in [9.17, 15) is 15.0 Å². The molecule has 0 heterocycles. The molecule has 0 bridgehead atoms. The minimum Gasteiger partial charge on any atom is -0.504 e. The molecule has 0 aromatic heterocycles. The first-order chi connectivity index (χ1) is 9.61. The molecule has 0 radical (unpaired) electrons. The third-order valence-electron chi connectivity index (χ3n) is 3.57. The summed E-state index contributed by atoms with van der Waals surface area (Å²) in [5.74, 6) is 0.278. The number of ketones is 1. The monoisotopic (exact) mass is 278 g/mol. The number of benzene rings is 1. The number of carbonyl (C=O) groups is 1. The van der Waals surface area contributed by atoms with Crippen LogP contribution in [0.2, 0.25) is 0 Å². The maximum absolute atomic E-state index is 10.8. The average Bonchev–Trinajstić information content (AvgIpc) is 2.41. The second-order valence-electron chi connectivity index (χ2n) is 5.46. The second kappa shape index (κ2) is 9.40. The van der Waals surface area contributed by atoms with Crippen LogP contribution < -0.4 is 0 Å². The van der Waals surface area contributed by atoms with Crippen LogP contribution >= 0.6 is 0 Å². The van der Waals surface area contributed by atoms with Gasteiger partial charge in [0.2, 0.25) is 0 Å². The van der Waals surface area contributed by atoms with Crippen LogP contribution in [0, 0.1) is 0 Å². The topological polar surface area (TPSA) is 57.5 Å². The third kappa shape index (κ3) is 6.60. The second-order valence-corrected chi connectivity index (χ2v) is 5.46. The summed E-state index contributed by atoms with van der Waals surface area (Å²) in [5, 5.41) is 19.1. The van der Waals surface area contributed by atoms with Gasteiger partial charge < -0.3 is 15.0 Å². The molecule has 0 aliphatic rings. The van der Waals surface area contributed by atoms with Crippen LogP contribution in [0.25, 0.3) is 0 Å². The maximum Gasteiger partial charge on any atom is 0.160 e. The van der Waals surface area contributed by atoms with Crippen LogP contribution in [-0.4, -0.2) is 16.0 Å². The smallest absolute Gasteiger partial charge is 0.160 e. The molecule has 0 aliphatic heterocycles. The molecule has 3 heteroatoms. The van der Waals surface area contributed by atoms with Gasteiger partial charge in [-0.2, -0.15) is 0 Å². The fourth-order valence-electron chi connectivity index (χ4n) is 2.35. The zero-order chi connectivity index (χ0) is 14.8. The number of aromatic hydroxyl groups is 2. The highest BCUT2D eigenvalue weighted by Crippen LogP contribution is 2.29. The molecule has 0 atom stereocenters. The number of carbonyl (C=O) groups excluding carboxylic acids is 1. The van der Waals surface area contributed by atoms with Crippen molar-refractivity contribution in [1.29, 1.82) is 0 Å². The average molecular weight is 278 g/mol. The molecule has 0 fully saturated rings. The minimum atomic E-state index is -0.0343. The van der Waals surface area contributed by atoms with E-state index >= 15 is 0 Å². The molecule has 2 N–H and O–H groups in total. The Bertz CT molecular complexity index is 413. The molecule has 0 amide bonds. The highest BCUT2D eigenvalue weighted by Gasteiger charge is 2.04. The lowest BCUT2D eigenvalue weighted by Crippen LogP contribution is -1.90. The summed E-state index contributed by atoms with van der Waals surface area (Å²) in [6.07, 6.45) is 9.47. The minimum absolute atomic E-state index is 0.0248. The number of aryl methyl sites for hydroxylation is 1. The number of Topliss-reactive ketones (excluding diaryl/α,β-unsaturated/α-hetero) is 1. The predicted octanol–water partition coefficient (Wildman–Crippen LogP) is 4.35.